The highest BCUT2D eigenvalue weighted by Gasteiger charge is 2.31. The fourth-order valence-corrected chi connectivity index (χ4v) is 3.33. The summed E-state index contributed by atoms with van der Waals surface area (Å²) in [6.07, 6.45) is -0.0385. The Morgan fingerprint density at radius 2 is 1.63 bits per heavy atom. The number of nitrogens with two attached hydrogens (primary N) is 1. The SMILES string of the molecule is CC[C@@H](OCc1ccccc1)[C@H](NC(=O)c1cc2ccccc2cc1N)C(=O)OC. The monoisotopic (exact) mass is 406 g/mol. The number of amides is 1. The van der Waals surface area contributed by atoms with E-state index in [4.69, 9.17) is 15.2 Å². The van der Waals surface area contributed by atoms with Gasteiger partial charge < -0.3 is 20.5 Å². The number of esters is 1. The van der Waals surface area contributed by atoms with Gasteiger partial charge in [0.25, 0.3) is 5.91 Å². The van der Waals surface area contributed by atoms with Crippen molar-refractivity contribution in [2.24, 2.45) is 0 Å². The first-order valence-corrected chi connectivity index (χ1v) is 9.86. The number of benzene rings is 3. The molecule has 0 aromatic heterocycles. The first kappa shape index (κ1) is 21.3. The van der Waals surface area contributed by atoms with Crippen molar-refractivity contribution in [3.63, 3.8) is 0 Å². The van der Waals surface area contributed by atoms with Crippen LogP contribution < -0.4 is 11.1 Å². The van der Waals surface area contributed by atoms with Gasteiger partial charge in [0, 0.05) is 5.69 Å². The van der Waals surface area contributed by atoms with E-state index in [0.717, 1.165) is 16.3 Å². The second kappa shape index (κ2) is 9.89. The molecule has 6 nitrogen and oxygen atoms in total. The van der Waals surface area contributed by atoms with Crippen molar-refractivity contribution in [3.05, 3.63) is 77.9 Å². The molecule has 0 spiro atoms. The first-order chi connectivity index (χ1) is 14.5. The van der Waals surface area contributed by atoms with E-state index in [-0.39, 0.29) is 0 Å². The standard InChI is InChI=1S/C24H26N2O4/c1-3-21(30-15-16-9-5-4-6-10-16)22(24(28)29-2)26-23(27)19-13-17-11-7-8-12-18(17)14-20(19)25/h4-14,21-22H,3,15,25H2,1-2H3,(H,26,27)/t21-,22+/m1/s1. The van der Waals surface area contributed by atoms with Gasteiger partial charge in [-0.25, -0.2) is 4.79 Å². The normalized spacial score (nSPS) is 12.9. The van der Waals surface area contributed by atoms with Crippen LogP contribution in [0, 0.1) is 0 Å². The van der Waals surface area contributed by atoms with E-state index in [1.54, 1.807) is 12.1 Å². The van der Waals surface area contributed by atoms with Gasteiger partial charge in [0.15, 0.2) is 6.04 Å². The Morgan fingerprint density at radius 1 is 1.00 bits per heavy atom. The van der Waals surface area contributed by atoms with Crippen molar-refractivity contribution < 1.29 is 19.1 Å². The van der Waals surface area contributed by atoms with Crippen molar-refractivity contribution in [1.82, 2.24) is 5.32 Å². The molecule has 0 saturated carbocycles. The molecule has 30 heavy (non-hydrogen) atoms. The number of methoxy groups -OCH3 is 1. The quantitative estimate of drug-likeness (QED) is 0.440. The maximum absolute atomic E-state index is 13.0. The number of fused-ring (bicyclic) bond motifs is 1. The third kappa shape index (κ3) is 4.96. The summed E-state index contributed by atoms with van der Waals surface area (Å²) in [5.74, 6) is -1.02. The zero-order valence-corrected chi connectivity index (χ0v) is 17.1. The second-order valence-corrected chi connectivity index (χ2v) is 7.00. The Labute approximate surface area is 176 Å². The number of hydrogen-bond donors (Lipinski definition) is 2. The van der Waals surface area contributed by atoms with Crippen LogP contribution in [0.3, 0.4) is 0 Å². The fraction of sp³-hybridized carbons (Fsp3) is 0.250. The van der Waals surface area contributed by atoms with E-state index in [2.05, 4.69) is 5.32 Å². The van der Waals surface area contributed by atoms with Gasteiger partial charge in [-0.15, -0.1) is 0 Å². The molecule has 156 valence electrons. The van der Waals surface area contributed by atoms with Gasteiger partial charge in [0.2, 0.25) is 0 Å². The van der Waals surface area contributed by atoms with E-state index < -0.39 is 24.0 Å². The molecule has 0 aliphatic heterocycles. The fourth-order valence-electron chi connectivity index (χ4n) is 3.33. The lowest BCUT2D eigenvalue weighted by Crippen LogP contribution is -2.50. The third-order valence-electron chi connectivity index (χ3n) is 4.99. The molecule has 3 aromatic rings. The van der Waals surface area contributed by atoms with Crippen molar-refractivity contribution in [2.45, 2.75) is 32.1 Å². The van der Waals surface area contributed by atoms with Crippen molar-refractivity contribution >= 4 is 28.3 Å². The number of nitrogens with one attached hydrogen (secondary N) is 1. The Bertz CT molecular complexity index is 1020. The average Bonchev–Trinajstić information content (AvgIpc) is 2.78. The summed E-state index contributed by atoms with van der Waals surface area (Å²) in [4.78, 5) is 25.4. The lowest BCUT2D eigenvalue weighted by Gasteiger charge is -2.25. The molecule has 0 saturated heterocycles. The van der Waals surface area contributed by atoms with Gasteiger partial charge in [-0.05, 0) is 34.9 Å². The summed E-state index contributed by atoms with van der Waals surface area (Å²) in [5, 5.41) is 4.58. The van der Waals surface area contributed by atoms with E-state index in [1.807, 2.05) is 61.5 Å². The number of anilines is 1. The smallest absolute Gasteiger partial charge is 0.331 e. The zero-order valence-electron chi connectivity index (χ0n) is 17.1. The maximum atomic E-state index is 13.0. The molecule has 0 heterocycles. The molecule has 2 atom stereocenters. The molecule has 0 bridgehead atoms. The number of carbonyl (C=O) groups excluding carboxylic acids is 2. The van der Waals surface area contributed by atoms with E-state index in [1.165, 1.54) is 7.11 Å². The number of carbonyl (C=O) groups is 2. The van der Waals surface area contributed by atoms with Crippen LogP contribution in [0.5, 0.6) is 0 Å². The van der Waals surface area contributed by atoms with Gasteiger partial charge in [-0.2, -0.15) is 0 Å². The molecule has 3 aromatic carbocycles. The summed E-state index contributed by atoms with van der Waals surface area (Å²) in [6.45, 7) is 2.21. The Kier molecular flexibility index (Phi) is 7.03. The summed E-state index contributed by atoms with van der Waals surface area (Å²) in [6, 6.07) is 19.8. The molecule has 6 heteroatoms. The van der Waals surface area contributed by atoms with Crippen LogP contribution in [-0.2, 0) is 20.9 Å². The molecular weight excluding hydrogens is 380 g/mol. The van der Waals surface area contributed by atoms with Crippen LogP contribution in [0.4, 0.5) is 5.69 Å². The Morgan fingerprint density at radius 3 is 2.27 bits per heavy atom. The Balaban J connectivity index is 1.80. The topological polar surface area (TPSA) is 90.6 Å². The average molecular weight is 406 g/mol. The summed E-state index contributed by atoms with van der Waals surface area (Å²) < 4.78 is 10.9. The van der Waals surface area contributed by atoms with Crippen molar-refractivity contribution in [1.29, 1.82) is 0 Å². The summed E-state index contributed by atoms with van der Waals surface area (Å²) in [7, 11) is 1.29. The molecule has 3 rings (SSSR count). The molecule has 0 aliphatic rings. The molecular formula is C24H26N2O4. The minimum Gasteiger partial charge on any atom is -0.467 e. The number of nitrogen functional groups attached to an aromatic ring is 1. The van der Waals surface area contributed by atoms with Gasteiger partial charge >= 0.3 is 5.97 Å². The van der Waals surface area contributed by atoms with Crippen molar-refractivity contribution in [3.8, 4) is 0 Å². The lowest BCUT2D eigenvalue weighted by atomic mass is 10.0. The lowest BCUT2D eigenvalue weighted by molar-refractivity contribution is -0.147. The van der Waals surface area contributed by atoms with Crippen LogP contribution >= 0.6 is 0 Å². The van der Waals surface area contributed by atoms with Gasteiger partial charge in [0.1, 0.15) is 0 Å². The minimum atomic E-state index is -0.956. The van der Waals surface area contributed by atoms with Gasteiger partial charge in [-0.3, -0.25) is 4.79 Å². The largest absolute Gasteiger partial charge is 0.467 e. The molecule has 0 aliphatic carbocycles. The number of ether oxygens (including phenoxy) is 2. The highest BCUT2D eigenvalue weighted by atomic mass is 16.5. The zero-order chi connectivity index (χ0) is 21.5. The third-order valence-corrected chi connectivity index (χ3v) is 4.99. The van der Waals surface area contributed by atoms with Crippen LogP contribution in [0.15, 0.2) is 66.7 Å². The molecule has 0 fully saturated rings. The molecule has 3 N–H and O–H groups in total. The summed E-state index contributed by atoms with van der Waals surface area (Å²) in [5.41, 5.74) is 7.73. The number of rotatable bonds is 8. The highest BCUT2D eigenvalue weighted by Crippen LogP contribution is 2.22. The number of hydrogen-bond acceptors (Lipinski definition) is 5. The highest BCUT2D eigenvalue weighted by molar-refractivity contribution is 6.05. The predicted molar refractivity (Wildman–Crippen MR) is 117 cm³/mol. The van der Waals surface area contributed by atoms with Crippen LogP contribution in [0.2, 0.25) is 0 Å². The van der Waals surface area contributed by atoms with Gasteiger partial charge in [-0.1, -0.05) is 61.5 Å². The molecule has 1 amide bonds. The van der Waals surface area contributed by atoms with Gasteiger partial charge in [0.05, 0.1) is 25.4 Å². The van der Waals surface area contributed by atoms with Crippen LogP contribution in [-0.4, -0.2) is 31.1 Å². The van der Waals surface area contributed by atoms with Crippen LogP contribution in [0.25, 0.3) is 10.8 Å². The van der Waals surface area contributed by atoms with Crippen molar-refractivity contribution in [2.75, 3.05) is 12.8 Å². The predicted octanol–water partition coefficient (Wildman–Crippen LogP) is 3.69. The van der Waals surface area contributed by atoms with E-state index in [9.17, 15) is 9.59 Å². The van der Waals surface area contributed by atoms with Crippen LogP contribution in [0.1, 0.15) is 29.3 Å². The van der Waals surface area contributed by atoms with E-state index >= 15 is 0 Å². The maximum Gasteiger partial charge on any atom is 0.331 e. The molecule has 0 unspecified atom stereocenters. The molecule has 0 radical (unpaired) electrons. The van der Waals surface area contributed by atoms with E-state index in [0.29, 0.717) is 24.3 Å². The second-order valence-electron chi connectivity index (χ2n) is 7.00. The minimum absolute atomic E-state index is 0.306. The summed E-state index contributed by atoms with van der Waals surface area (Å²) >= 11 is 0. The first-order valence-electron chi connectivity index (χ1n) is 9.86. The Hall–Kier alpha value is -3.38.